The molecule has 0 spiro atoms. The molecule has 1 aliphatic heterocycles. The SMILES string of the molecule is CCC1CN(S(=O)(=O)c2cnc3c(c2)c(C)nn3C)CCN1CCOC. The summed E-state index contributed by atoms with van der Waals surface area (Å²) in [6.07, 6.45) is 2.34. The zero-order chi connectivity index (χ0) is 18.9. The van der Waals surface area contributed by atoms with E-state index in [2.05, 4.69) is 21.9 Å². The molecule has 0 aliphatic carbocycles. The summed E-state index contributed by atoms with van der Waals surface area (Å²) in [5.74, 6) is 0. The monoisotopic (exact) mass is 381 g/mol. The molecule has 8 nitrogen and oxygen atoms in total. The van der Waals surface area contributed by atoms with Gasteiger partial charge in [-0.15, -0.1) is 0 Å². The Morgan fingerprint density at radius 1 is 1.35 bits per heavy atom. The van der Waals surface area contributed by atoms with E-state index < -0.39 is 10.0 Å². The van der Waals surface area contributed by atoms with Gasteiger partial charge in [-0.1, -0.05) is 6.92 Å². The number of nitrogens with zero attached hydrogens (tertiary/aromatic N) is 5. The van der Waals surface area contributed by atoms with Crippen LogP contribution in [0.4, 0.5) is 0 Å². The number of pyridine rings is 1. The van der Waals surface area contributed by atoms with E-state index in [0.717, 1.165) is 24.0 Å². The van der Waals surface area contributed by atoms with Crippen molar-refractivity contribution >= 4 is 21.1 Å². The Labute approximate surface area is 154 Å². The molecule has 0 saturated carbocycles. The van der Waals surface area contributed by atoms with Gasteiger partial charge in [0.25, 0.3) is 0 Å². The van der Waals surface area contributed by atoms with Crippen molar-refractivity contribution in [1.82, 2.24) is 24.0 Å². The van der Waals surface area contributed by atoms with Gasteiger partial charge in [0.1, 0.15) is 4.90 Å². The van der Waals surface area contributed by atoms with Gasteiger partial charge in [0.15, 0.2) is 5.65 Å². The molecule has 1 atom stereocenters. The number of aryl methyl sites for hydroxylation is 2. The fourth-order valence-electron chi connectivity index (χ4n) is 3.55. The van der Waals surface area contributed by atoms with E-state index in [4.69, 9.17) is 4.74 Å². The number of fused-ring (bicyclic) bond motifs is 1. The molecular formula is C17H27N5O3S. The minimum atomic E-state index is -3.57. The summed E-state index contributed by atoms with van der Waals surface area (Å²) in [6.45, 7) is 7.12. The van der Waals surface area contributed by atoms with Crippen molar-refractivity contribution in [2.75, 3.05) is 39.9 Å². The molecule has 9 heteroatoms. The summed E-state index contributed by atoms with van der Waals surface area (Å²) in [6, 6.07) is 1.89. The minimum absolute atomic E-state index is 0.200. The number of hydrogen-bond donors (Lipinski definition) is 0. The molecule has 0 radical (unpaired) electrons. The van der Waals surface area contributed by atoms with E-state index in [1.54, 1.807) is 22.2 Å². The van der Waals surface area contributed by atoms with E-state index in [0.29, 0.717) is 31.9 Å². The molecule has 3 rings (SSSR count). The molecular weight excluding hydrogens is 354 g/mol. The van der Waals surface area contributed by atoms with Gasteiger partial charge in [0.2, 0.25) is 10.0 Å². The first kappa shape index (κ1) is 19.2. The lowest BCUT2D eigenvalue weighted by Gasteiger charge is -2.40. The van der Waals surface area contributed by atoms with Gasteiger partial charge < -0.3 is 4.74 Å². The molecule has 26 heavy (non-hydrogen) atoms. The average molecular weight is 382 g/mol. The van der Waals surface area contributed by atoms with Gasteiger partial charge in [-0.3, -0.25) is 9.58 Å². The van der Waals surface area contributed by atoms with E-state index >= 15 is 0 Å². The summed E-state index contributed by atoms with van der Waals surface area (Å²) in [5.41, 5.74) is 1.47. The van der Waals surface area contributed by atoms with Crippen LogP contribution in [0, 0.1) is 6.92 Å². The van der Waals surface area contributed by atoms with Crippen LogP contribution in [0.5, 0.6) is 0 Å². The summed E-state index contributed by atoms with van der Waals surface area (Å²) in [4.78, 5) is 6.87. The molecule has 1 aliphatic rings. The minimum Gasteiger partial charge on any atom is -0.383 e. The van der Waals surface area contributed by atoms with Gasteiger partial charge in [-0.2, -0.15) is 9.40 Å². The first-order valence-electron chi connectivity index (χ1n) is 8.91. The number of ether oxygens (including phenoxy) is 1. The molecule has 0 aromatic carbocycles. The Hall–Kier alpha value is -1.55. The van der Waals surface area contributed by atoms with Crippen LogP contribution in [0.1, 0.15) is 19.0 Å². The number of aromatic nitrogens is 3. The topological polar surface area (TPSA) is 80.6 Å². The second kappa shape index (κ2) is 7.59. The molecule has 1 saturated heterocycles. The standard InChI is InChI=1S/C17H27N5O3S/c1-5-14-12-22(7-6-21(14)8-9-25-4)26(23,24)15-10-16-13(2)19-20(3)17(16)18-11-15/h10-11,14H,5-9,12H2,1-4H3. The highest BCUT2D eigenvalue weighted by atomic mass is 32.2. The summed E-state index contributed by atoms with van der Waals surface area (Å²) >= 11 is 0. The van der Waals surface area contributed by atoms with Gasteiger partial charge in [0, 0.05) is 58.0 Å². The fraction of sp³-hybridized carbons (Fsp3) is 0.647. The molecule has 1 fully saturated rings. The molecule has 0 bridgehead atoms. The van der Waals surface area contributed by atoms with Crippen LogP contribution in [0.25, 0.3) is 11.0 Å². The summed E-state index contributed by atoms with van der Waals surface area (Å²) in [7, 11) is -0.0792. The highest BCUT2D eigenvalue weighted by Gasteiger charge is 2.33. The van der Waals surface area contributed by atoms with Crippen LogP contribution >= 0.6 is 0 Å². The third-order valence-corrected chi connectivity index (χ3v) is 6.93. The van der Waals surface area contributed by atoms with Crippen molar-refractivity contribution in [1.29, 1.82) is 0 Å². The Morgan fingerprint density at radius 3 is 2.81 bits per heavy atom. The highest BCUT2D eigenvalue weighted by Crippen LogP contribution is 2.24. The molecule has 144 valence electrons. The Morgan fingerprint density at radius 2 is 2.12 bits per heavy atom. The molecule has 3 heterocycles. The molecule has 2 aromatic rings. The normalized spacial score (nSPS) is 20.1. The number of hydrogen-bond acceptors (Lipinski definition) is 6. The zero-order valence-electron chi connectivity index (χ0n) is 15.8. The maximum atomic E-state index is 13.1. The summed E-state index contributed by atoms with van der Waals surface area (Å²) < 4.78 is 34.7. The van der Waals surface area contributed by atoms with Crippen LogP contribution < -0.4 is 0 Å². The maximum Gasteiger partial charge on any atom is 0.244 e. The van der Waals surface area contributed by atoms with Gasteiger partial charge in [-0.05, 0) is 19.4 Å². The van der Waals surface area contributed by atoms with Gasteiger partial charge in [-0.25, -0.2) is 13.4 Å². The Kier molecular flexibility index (Phi) is 5.61. The van der Waals surface area contributed by atoms with Crippen molar-refractivity contribution in [3.05, 3.63) is 18.0 Å². The van der Waals surface area contributed by atoms with Crippen molar-refractivity contribution in [2.24, 2.45) is 7.05 Å². The van der Waals surface area contributed by atoms with Crippen LogP contribution in [0.15, 0.2) is 17.2 Å². The first-order chi connectivity index (χ1) is 12.4. The highest BCUT2D eigenvalue weighted by molar-refractivity contribution is 7.89. The third-order valence-electron chi connectivity index (χ3n) is 5.10. The van der Waals surface area contributed by atoms with Crippen LogP contribution in [-0.4, -0.2) is 78.3 Å². The lowest BCUT2D eigenvalue weighted by Crippen LogP contribution is -2.55. The first-order valence-corrected chi connectivity index (χ1v) is 10.3. The molecule has 0 N–H and O–H groups in total. The molecule has 2 aromatic heterocycles. The van der Waals surface area contributed by atoms with E-state index in [9.17, 15) is 8.42 Å². The van der Waals surface area contributed by atoms with Crippen molar-refractivity contribution < 1.29 is 13.2 Å². The number of methoxy groups -OCH3 is 1. The smallest absolute Gasteiger partial charge is 0.244 e. The van der Waals surface area contributed by atoms with Crippen molar-refractivity contribution in [3.63, 3.8) is 0 Å². The maximum absolute atomic E-state index is 13.1. The van der Waals surface area contributed by atoms with Gasteiger partial charge in [0.05, 0.1) is 12.3 Å². The number of rotatable bonds is 6. The number of piperazine rings is 1. The van der Waals surface area contributed by atoms with E-state index in [-0.39, 0.29) is 10.9 Å². The largest absolute Gasteiger partial charge is 0.383 e. The summed E-state index contributed by atoms with van der Waals surface area (Å²) in [5, 5.41) is 5.09. The number of sulfonamides is 1. The predicted molar refractivity (Wildman–Crippen MR) is 99.5 cm³/mol. The van der Waals surface area contributed by atoms with Crippen LogP contribution in [-0.2, 0) is 21.8 Å². The predicted octanol–water partition coefficient (Wildman–Crippen LogP) is 1.01. The van der Waals surface area contributed by atoms with E-state index in [1.807, 2.05) is 14.0 Å². The van der Waals surface area contributed by atoms with E-state index in [1.165, 1.54) is 6.20 Å². The average Bonchev–Trinajstić information content (AvgIpc) is 2.93. The van der Waals surface area contributed by atoms with Crippen molar-refractivity contribution in [2.45, 2.75) is 31.2 Å². The quantitative estimate of drug-likeness (QED) is 0.743. The molecule has 0 amide bonds. The van der Waals surface area contributed by atoms with Gasteiger partial charge >= 0.3 is 0 Å². The fourth-order valence-corrected chi connectivity index (χ4v) is 4.99. The lowest BCUT2D eigenvalue weighted by molar-refractivity contribution is 0.0783. The Bertz CT molecular complexity index is 880. The van der Waals surface area contributed by atoms with Crippen LogP contribution in [0.3, 0.4) is 0 Å². The second-order valence-corrected chi connectivity index (χ2v) is 8.64. The Balaban J connectivity index is 1.85. The van der Waals surface area contributed by atoms with Crippen LogP contribution in [0.2, 0.25) is 0 Å². The molecule has 1 unspecified atom stereocenters. The third kappa shape index (κ3) is 3.48. The zero-order valence-corrected chi connectivity index (χ0v) is 16.7. The second-order valence-electron chi connectivity index (χ2n) is 6.71. The van der Waals surface area contributed by atoms with Crippen molar-refractivity contribution in [3.8, 4) is 0 Å². The lowest BCUT2D eigenvalue weighted by atomic mass is 10.1.